The summed E-state index contributed by atoms with van der Waals surface area (Å²) in [4.78, 5) is 26.9. The number of ether oxygens (including phenoxy) is 1. The highest BCUT2D eigenvalue weighted by atomic mass is 16.5. The van der Waals surface area contributed by atoms with Crippen molar-refractivity contribution in [2.45, 2.75) is 24.6 Å². The van der Waals surface area contributed by atoms with E-state index in [0.717, 1.165) is 23.4 Å². The number of hydrogen-bond donors (Lipinski definition) is 0. The monoisotopic (exact) mass is 414 g/mol. The van der Waals surface area contributed by atoms with Crippen LogP contribution in [0.2, 0.25) is 0 Å². The van der Waals surface area contributed by atoms with Crippen LogP contribution in [0, 0.1) is 0 Å². The quantitative estimate of drug-likeness (QED) is 0.643. The van der Waals surface area contributed by atoms with Gasteiger partial charge in [0, 0.05) is 57.2 Å². The van der Waals surface area contributed by atoms with Gasteiger partial charge in [0.05, 0.1) is 12.3 Å². The molecular formula is C25H26N4O2. The Balaban J connectivity index is 1.45. The molecule has 2 aliphatic rings. The van der Waals surface area contributed by atoms with Gasteiger partial charge in [-0.2, -0.15) is 0 Å². The maximum absolute atomic E-state index is 13.9. The molecule has 2 aromatic heterocycles. The zero-order valence-corrected chi connectivity index (χ0v) is 17.4. The van der Waals surface area contributed by atoms with E-state index in [4.69, 9.17) is 4.74 Å². The van der Waals surface area contributed by atoms with Crippen molar-refractivity contribution in [2.24, 2.45) is 0 Å². The summed E-state index contributed by atoms with van der Waals surface area (Å²) in [5.74, 6) is -0.00374. The molecule has 2 fully saturated rings. The molecule has 1 spiro atoms. The predicted molar refractivity (Wildman–Crippen MR) is 117 cm³/mol. The first kappa shape index (κ1) is 19.8. The van der Waals surface area contributed by atoms with Crippen molar-refractivity contribution >= 4 is 5.91 Å². The van der Waals surface area contributed by atoms with Crippen molar-refractivity contribution in [3.63, 3.8) is 0 Å². The molecule has 31 heavy (non-hydrogen) atoms. The number of nitrogens with zero attached hydrogens (tertiary/aromatic N) is 4. The van der Waals surface area contributed by atoms with Gasteiger partial charge in [0.2, 0.25) is 0 Å². The van der Waals surface area contributed by atoms with Gasteiger partial charge in [-0.3, -0.25) is 19.7 Å². The Labute approximate surface area is 182 Å². The van der Waals surface area contributed by atoms with Crippen LogP contribution in [0.3, 0.4) is 0 Å². The fraction of sp³-hybridized carbons (Fsp3) is 0.320. The molecule has 5 rings (SSSR count). The number of carbonyl (C=O) groups excluding carboxylic acids is 1. The van der Waals surface area contributed by atoms with E-state index in [1.807, 2.05) is 59.8 Å². The minimum atomic E-state index is -0.898. The molecule has 0 bridgehead atoms. The van der Waals surface area contributed by atoms with Gasteiger partial charge in [-0.1, -0.05) is 42.5 Å². The topological polar surface area (TPSA) is 58.6 Å². The molecular weight excluding hydrogens is 388 g/mol. The number of hydrogen-bond acceptors (Lipinski definition) is 5. The summed E-state index contributed by atoms with van der Waals surface area (Å²) in [5.41, 5.74) is 2.27. The molecule has 0 radical (unpaired) electrons. The number of amides is 1. The average molecular weight is 415 g/mol. The van der Waals surface area contributed by atoms with E-state index in [1.54, 1.807) is 6.20 Å². The molecule has 1 aromatic carbocycles. The van der Waals surface area contributed by atoms with E-state index < -0.39 is 5.60 Å². The lowest BCUT2D eigenvalue weighted by molar-refractivity contribution is -0.173. The van der Waals surface area contributed by atoms with Crippen molar-refractivity contribution in [1.29, 1.82) is 0 Å². The largest absolute Gasteiger partial charge is 0.361 e. The number of aromatic nitrogens is 2. The Hall–Kier alpha value is -3.09. The van der Waals surface area contributed by atoms with E-state index in [9.17, 15) is 4.79 Å². The Kier molecular flexibility index (Phi) is 5.49. The van der Waals surface area contributed by atoms with Crippen LogP contribution in [0.4, 0.5) is 0 Å². The van der Waals surface area contributed by atoms with E-state index in [-0.39, 0.29) is 11.8 Å². The molecule has 6 heteroatoms. The molecule has 158 valence electrons. The van der Waals surface area contributed by atoms with Gasteiger partial charge in [-0.05, 0) is 29.3 Å². The summed E-state index contributed by atoms with van der Waals surface area (Å²) >= 11 is 0. The summed E-state index contributed by atoms with van der Waals surface area (Å²) in [5, 5.41) is 0. The Morgan fingerprint density at radius 2 is 1.87 bits per heavy atom. The lowest BCUT2D eigenvalue weighted by Crippen LogP contribution is -2.59. The third-order valence-electron chi connectivity index (χ3n) is 6.25. The van der Waals surface area contributed by atoms with Crippen molar-refractivity contribution in [3.05, 3.63) is 96.1 Å². The zero-order valence-electron chi connectivity index (χ0n) is 17.4. The molecule has 4 heterocycles. The van der Waals surface area contributed by atoms with Crippen LogP contribution >= 0.6 is 0 Å². The van der Waals surface area contributed by atoms with Crippen molar-refractivity contribution in [2.75, 3.05) is 26.2 Å². The smallest absolute Gasteiger partial charge is 0.257 e. The minimum Gasteiger partial charge on any atom is -0.361 e. The number of morpholine rings is 1. The summed E-state index contributed by atoms with van der Waals surface area (Å²) < 4.78 is 6.36. The molecule has 2 aliphatic heterocycles. The van der Waals surface area contributed by atoms with Crippen molar-refractivity contribution in [1.82, 2.24) is 19.8 Å². The van der Waals surface area contributed by atoms with Crippen LogP contribution in [-0.4, -0.2) is 57.5 Å². The highest BCUT2D eigenvalue weighted by molar-refractivity contribution is 5.88. The summed E-state index contributed by atoms with van der Waals surface area (Å²) in [6.07, 6.45) is 5.44. The molecule has 0 aliphatic carbocycles. The number of likely N-dealkylation sites (tertiary alicyclic amines) is 1. The Morgan fingerprint density at radius 1 is 1.00 bits per heavy atom. The first-order chi connectivity index (χ1) is 15.2. The number of benzene rings is 1. The summed E-state index contributed by atoms with van der Waals surface area (Å²) in [7, 11) is 0. The van der Waals surface area contributed by atoms with Crippen molar-refractivity contribution < 1.29 is 9.53 Å². The van der Waals surface area contributed by atoms with E-state index in [0.29, 0.717) is 32.8 Å². The molecule has 0 unspecified atom stereocenters. The third-order valence-corrected chi connectivity index (χ3v) is 6.25. The minimum absolute atomic E-state index is 0.0694. The second-order valence-corrected chi connectivity index (χ2v) is 8.28. The standard InChI is InChI=1S/C25H26N4O2/c30-24-25(31-14-13-29(24)16-20-7-2-1-3-8-20)19-28(17-22-10-4-5-12-27-22)18-23(25)21-9-6-11-26-15-21/h1-12,15,23H,13-14,16-19H2/t23-,25+/m0/s1. The van der Waals surface area contributed by atoms with E-state index in [2.05, 4.69) is 33.1 Å². The number of rotatable bonds is 5. The van der Waals surface area contributed by atoms with Crippen LogP contribution < -0.4 is 0 Å². The van der Waals surface area contributed by atoms with E-state index in [1.165, 1.54) is 0 Å². The summed E-state index contributed by atoms with van der Waals surface area (Å²) in [6, 6.07) is 20.1. The van der Waals surface area contributed by atoms with Gasteiger partial charge in [-0.15, -0.1) is 0 Å². The molecule has 2 atom stereocenters. The first-order valence-electron chi connectivity index (χ1n) is 10.7. The average Bonchev–Trinajstić information content (AvgIpc) is 3.17. The maximum Gasteiger partial charge on any atom is 0.257 e. The molecule has 3 aromatic rings. The van der Waals surface area contributed by atoms with Gasteiger partial charge in [0.25, 0.3) is 5.91 Å². The second kappa shape index (κ2) is 8.57. The third kappa shape index (κ3) is 3.96. The predicted octanol–water partition coefficient (Wildman–Crippen LogP) is 2.87. The van der Waals surface area contributed by atoms with Gasteiger partial charge in [-0.25, -0.2) is 0 Å². The van der Waals surface area contributed by atoms with Crippen LogP contribution in [0.25, 0.3) is 0 Å². The Morgan fingerprint density at radius 3 is 2.65 bits per heavy atom. The summed E-state index contributed by atoms with van der Waals surface area (Å²) in [6.45, 7) is 3.71. The highest BCUT2D eigenvalue weighted by Gasteiger charge is 2.57. The fourth-order valence-electron chi connectivity index (χ4n) is 4.80. The maximum atomic E-state index is 13.9. The van der Waals surface area contributed by atoms with Gasteiger partial charge >= 0.3 is 0 Å². The lowest BCUT2D eigenvalue weighted by Gasteiger charge is -2.42. The number of pyridine rings is 2. The number of carbonyl (C=O) groups is 1. The van der Waals surface area contributed by atoms with Gasteiger partial charge in [0.15, 0.2) is 5.60 Å². The van der Waals surface area contributed by atoms with Crippen LogP contribution in [-0.2, 0) is 22.6 Å². The molecule has 0 saturated carbocycles. The van der Waals surface area contributed by atoms with Crippen molar-refractivity contribution in [3.8, 4) is 0 Å². The fourth-order valence-corrected chi connectivity index (χ4v) is 4.80. The normalized spacial score (nSPS) is 24.1. The molecule has 0 N–H and O–H groups in total. The van der Waals surface area contributed by atoms with Gasteiger partial charge < -0.3 is 9.64 Å². The zero-order chi connectivity index (χ0) is 21.1. The van der Waals surface area contributed by atoms with Crippen LogP contribution in [0.1, 0.15) is 22.7 Å². The first-order valence-corrected chi connectivity index (χ1v) is 10.7. The SMILES string of the molecule is O=C1N(Cc2ccccc2)CCO[C@@]12CN(Cc1ccccn1)C[C@H]2c1cccnc1. The van der Waals surface area contributed by atoms with Crippen LogP contribution in [0.5, 0.6) is 0 Å². The molecule has 2 saturated heterocycles. The van der Waals surface area contributed by atoms with E-state index >= 15 is 0 Å². The van der Waals surface area contributed by atoms with Crippen LogP contribution in [0.15, 0.2) is 79.3 Å². The highest BCUT2D eigenvalue weighted by Crippen LogP contribution is 2.42. The molecule has 1 amide bonds. The second-order valence-electron chi connectivity index (χ2n) is 8.28. The molecule has 6 nitrogen and oxygen atoms in total. The lowest BCUT2D eigenvalue weighted by atomic mass is 9.83. The Bertz CT molecular complexity index is 1020. The van der Waals surface area contributed by atoms with Gasteiger partial charge in [0.1, 0.15) is 0 Å².